The summed E-state index contributed by atoms with van der Waals surface area (Å²) in [6, 6.07) is 10.3. The van der Waals surface area contributed by atoms with Crippen LogP contribution in [0.5, 0.6) is 5.75 Å². The fourth-order valence-electron chi connectivity index (χ4n) is 2.74. The summed E-state index contributed by atoms with van der Waals surface area (Å²) in [5.74, 6) is 1.83. The second-order valence-electron chi connectivity index (χ2n) is 6.22. The number of nitrogens with zero attached hydrogens (tertiary/aromatic N) is 3. The molecule has 0 saturated heterocycles. The van der Waals surface area contributed by atoms with Crippen molar-refractivity contribution in [2.75, 3.05) is 26.7 Å². The van der Waals surface area contributed by atoms with E-state index in [-0.39, 0.29) is 24.0 Å². The van der Waals surface area contributed by atoms with E-state index in [1.165, 1.54) is 16.7 Å². The molecule has 1 aromatic carbocycles. The van der Waals surface area contributed by atoms with Gasteiger partial charge in [0.05, 0.1) is 6.61 Å². The molecule has 0 bridgehead atoms. The Labute approximate surface area is 180 Å². The third-order valence-electron chi connectivity index (χ3n) is 4.13. The molecule has 2 aromatic rings. The summed E-state index contributed by atoms with van der Waals surface area (Å²) in [6.07, 6.45) is 4.66. The minimum absolute atomic E-state index is 0. The standard InChI is InChI=1S/C21H30N4O.HI/c1-5-23-21(24-14-12-19-11-13-22-15-17(19)3)25(4)16-18-7-9-20(10-8-18)26-6-2;/h7-11,13,15H,5-6,12,14,16H2,1-4H3,(H,23,24);1H. The first-order valence-corrected chi connectivity index (χ1v) is 9.24. The molecule has 0 aliphatic carbocycles. The van der Waals surface area contributed by atoms with Gasteiger partial charge in [0.15, 0.2) is 5.96 Å². The van der Waals surface area contributed by atoms with Crippen LogP contribution in [0.4, 0.5) is 0 Å². The average molecular weight is 482 g/mol. The van der Waals surface area contributed by atoms with Gasteiger partial charge in [-0.2, -0.15) is 0 Å². The summed E-state index contributed by atoms with van der Waals surface area (Å²) in [5, 5.41) is 3.37. The van der Waals surface area contributed by atoms with Gasteiger partial charge in [0.2, 0.25) is 0 Å². The third kappa shape index (κ3) is 7.74. The molecule has 0 spiro atoms. The Morgan fingerprint density at radius 2 is 1.93 bits per heavy atom. The summed E-state index contributed by atoms with van der Waals surface area (Å²) in [4.78, 5) is 11.1. The Bertz CT molecular complexity index is 704. The van der Waals surface area contributed by atoms with Gasteiger partial charge in [-0.1, -0.05) is 12.1 Å². The van der Waals surface area contributed by atoms with E-state index in [1.807, 2.05) is 31.5 Å². The lowest BCUT2D eigenvalue weighted by Gasteiger charge is -2.22. The van der Waals surface area contributed by atoms with Crippen LogP contribution in [0.1, 0.15) is 30.5 Å². The van der Waals surface area contributed by atoms with Crippen LogP contribution < -0.4 is 10.1 Å². The van der Waals surface area contributed by atoms with Crippen molar-refractivity contribution in [3.05, 3.63) is 59.4 Å². The minimum atomic E-state index is 0. The van der Waals surface area contributed by atoms with Crippen molar-refractivity contribution in [2.24, 2.45) is 4.99 Å². The highest BCUT2D eigenvalue weighted by molar-refractivity contribution is 14.0. The molecule has 148 valence electrons. The Hall–Kier alpha value is -1.83. The molecule has 0 unspecified atom stereocenters. The maximum Gasteiger partial charge on any atom is 0.193 e. The number of benzene rings is 1. The molecular weight excluding hydrogens is 451 g/mol. The van der Waals surface area contributed by atoms with E-state index in [2.05, 4.69) is 54.3 Å². The van der Waals surface area contributed by atoms with Crippen LogP contribution in [-0.4, -0.2) is 42.6 Å². The van der Waals surface area contributed by atoms with Crippen LogP contribution in [0.15, 0.2) is 47.7 Å². The van der Waals surface area contributed by atoms with Gasteiger partial charge in [0, 0.05) is 39.1 Å². The lowest BCUT2D eigenvalue weighted by atomic mass is 10.1. The second-order valence-corrected chi connectivity index (χ2v) is 6.22. The molecule has 0 radical (unpaired) electrons. The molecule has 27 heavy (non-hydrogen) atoms. The average Bonchev–Trinajstić information content (AvgIpc) is 2.64. The first kappa shape index (κ1) is 23.2. The highest BCUT2D eigenvalue weighted by Crippen LogP contribution is 2.13. The zero-order valence-corrected chi connectivity index (χ0v) is 19.1. The van der Waals surface area contributed by atoms with Gasteiger partial charge in [-0.25, -0.2) is 0 Å². The first-order chi connectivity index (χ1) is 12.6. The predicted molar refractivity (Wildman–Crippen MR) is 123 cm³/mol. The van der Waals surface area contributed by atoms with Crippen LogP contribution in [0.25, 0.3) is 0 Å². The largest absolute Gasteiger partial charge is 0.494 e. The number of aromatic nitrogens is 1. The molecule has 0 amide bonds. The molecule has 0 fully saturated rings. The zero-order valence-electron chi connectivity index (χ0n) is 16.7. The maximum absolute atomic E-state index is 5.50. The summed E-state index contributed by atoms with van der Waals surface area (Å²) >= 11 is 0. The lowest BCUT2D eigenvalue weighted by Crippen LogP contribution is -2.38. The Morgan fingerprint density at radius 1 is 1.19 bits per heavy atom. The molecule has 0 aliphatic rings. The molecule has 0 atom stereocenters. The summed E-state index contributed by atoms with van der Waals surface area (Å²) in [5.41, 5.74) is 3.75. The monoisotopic (exact) mass is 482 g/mol. The lowest BCUT2D eigenvalue weighted by molar-refractivity contribution is 0.340. The van der Waals surface area contributed by atoms with Crippen LogP contribution in [-0.2, 0) is 13.0 Å². The van der Waals surface area contributed by atoms with Crippen LogP contribution in [0, 0.1) is 6.92 Å². The second kappa shape index (κ2) is 12.5. The van der Waals surface area contributed by atoms with E-state index in [0.29, 0.717) is 6.61 Å². The number of hydrogen-bond donors (Lipinski definition) is 1. The summed E-state index contributed by atoms with van der Waals surface area (Å²) in [7, 11) is 2.07. The smallest absolute Gasteiger partial charge is 0.193 e. The number of aryl methyl sites for hydroxylation is 1. The highest BCUT2D eigenvalue weighted by atomic mass is 127. The van der Waals surface area contributed by atoms with Crippen molar-refractivity contribution < 1.29 is 4.74 Å². The van der Waals surface area contributed by atoms with E-state index in [1.54, 1.807) is 0 Å². The highest BCUT2D eigenvalue weighted by Gasteiger charge is 2.07. The molecule has 5 nitrogen and oxygen atoms in total. The fraction of sp³-hybridized carbons (Fsp3) is 0.429. The summed E-state index contributed by atoms with van der Waals surface area (Å²) < 4.78 is 5.50. The van der Waals surface area contributed by atoms with Gasteiger partial charge >= 0.3 is 0 Å². The maximum atomic E-state index is 5.50. The van der Waals surface area contributed by atoms with E-state index in [9.17, 15) is 0 Å². The Kier molecular flexibility index (Phi) is 10.8. The normalized spacial score (nSPS) is 10.9. The van der Waals surface area contributed by atoms with E-state index in [0.717, 1.165) is 37.8 Å². The minimum Gasteiger partial charge on any atom is -0.494 e. The van der Waals surface area contributed by atoms with E-state index >= 15 is 0 Å². The number of guanidine groups is 1. The molecule has 0 aliphatic heterocycles. The number of hydrogen-bond acceptors (Lipinski definition) is 3. The topological polar surface area (TPSA) is 49.8 Å². The molecule has 0 saturated carbocycles. The fourth-order valence-corrected chi connectivity index (χ4v) is 2.74. The van der Waals surface area contributed by atoms with Crippen molar-refractivity contribution in [1.82, 2.24) is 15.2 Å². The van der Waals surface area contributed by atoms with Crippen molar-refractivity contribution in [2.45, 2.75) is 33.7 Å². The van der Waals surface area contributed by atoms with Gasteiger partial charge in [-0.05, 0) is 62.1 Å². The number of nitrogens with one attached hydrogen (secondary N) is 1. The molecule has 1 heterocycles. The molecule has 1 N–H and O–H groups in total. The van der Waals surface area contributed by atoms with Crippen LogP contribution >= 0.6 is 24.0 Å². The van der Waals surface area contributed by atoms with E-state index in [4.69, 9.17) is 9.73 Å². The Balaban J connectivity index is 0.00000364. The number of aliphatic imine (C=N–C) groups is 1. The predicted octanol–water partition coefficient (Wildman–Crippen LogP) is 4.05. The Morgan fingerprint density at radius 3 is 2.56 bits per heavy atom. The molecule has 1 aromatic heterocycles. The number of halogens is 1. The number of rotatable bonds is 8. The van der Waals surface area contributed by atoms with Crippen molar-refractivity contribution in [1.29, 1.82) is 0 Å². The number of pyridine rings is 1. The number of ether oxygens (including phenoxy) is 1. The van der Waals surface area contributed by atoms with Crippen molar-refractivity contribution >= 4 is 29.9 Å². The third-order valence-corrected chi connectivity index (χ3v) is 4.13. The molecular formula is C21H31IN4O. The van der Waals surface area contributed by atoms with E-state index < -0.39 is 0 Å². The van der Waals surface area contributed by atoms with Crippen LogP contribution in [0.3, 0.4) is 0 Å². The zero-order chi connectivity index (χ0) is 18.8. The van der Waals surface area contributed by atoms with Gasteiger partial charge in [-0.3, -0.25) is 9.98 Å². The van der Waals surface area contributed by atoms with Crippen LogP contribution in [0.2, 0.25) is 0 Å². The van der Waals surface area contributed by atoms with Gasteiger partial charge < -0.3 is 15.0 Å². The van der Waals surface area contributed by atoms with Gasteiger partial charge in [0.25, 0.3) is 0 Å². The quantitative estimate of drug-likeness (QED) is 0.351. The molecule has 6 heteroatoms. The van der Waals surface area contributed by atoms with Crippen molar-refractivity contribution in [3.63, 3.8) is 0 Å². The van der Waals surface area contributed by atoms with Gasteiger partial charge in [0.1, 0.15) is 5.75 Å². The van der Waals surface area contributed by atoms with Gasteiger partial charge in [-0.15, -0.1) is 24.0 Å². The molecule has 2 rings (SSSR count). The first-order valence-electron chi connectivity index (χ1n) is 9.24. The SMILES string of the molecule is CCNC(=NCCc1ccncc1C)N(C)Cc1ccc(OCC)cc1.I. The van der Waals surface area contributed by atoms with Crippen molar-refractivity contribution in [3.8, 4) is 5.75 Å². The summed E-state index contributed by atoms with van der Waals surface area (Å²) in [6.45, 7) is 9.26.